The molecular weight excluding hydrogens is 272 g/mol. The Balaban J connectivity index is 2.33. The lowest BCUT2D eigenvalue weighted by atomic mass is 9.78. The van der Waals surface area contributed by atoms with Gasteiger partial charge in [0.2, 0.25) is 0 Å². The van der Waals surface area contributed by atoms with Crippen LogP contribution in [0.25, 0.3) is 0 Å². The molecule has 0 aliphatic carbocycles. The average Bonchev–Trinajstić information content (AvgIpc) is 2.89. The minimum absolute atomic E-state index is 0.275. The molecule has 0 amide bonds. The predicted octanol–water partition coefficient (Wildman–Crippen LogP) is 4.38. The van der Waals surface area contributed by atoms with Gasteiger partial charge in [0, 0.05) is 16.7 Å². The van der Waals surface area contributed by atoms with Crippen molar-refractivity contribution < 1.29 is 9.53 Å². The SMILES string of the molecule is C/C=C1/C(=O)OC(c2ccccc2)(c2ccccc2)/C1=C/C. The highest BCUT2D eigenvalue weighted by Gasteiger charge is 2.50. The molecule has 22 heavy (non-hydrogen) atoms. The fraction of sp³-hybridized carbons (Fsp3) is 0.150. The van der Waals surface area contributed by atoms with E-state index in [0.29, 0.717) is 5.57 Å². The second kappa shape index (κ2) is 5.64. The summed E-state index contributed by atoms with van der Waals surface area (Å²) in [6.45, 7) is 3.81. The van der Waals surface area contributed by atoms with E-state index in [1.54, 1.807) is 0 Å². The first-order valence-electron chi connectivity index (χ1n) is 7.42. The molecule has 2 nitrogen and oxygen atoms in total. The molecule has 0 N–H and O–H groups in total. The maximum atomic E-state index is 12.4. The van der Waals surface area contributed by atoms with Crippen molar-refractivity contribution in [2.75, 3.05) is 0 Å². The van der Waals surface area contributed by atoms with Crippen LogP contribution >= 0.6 is 0 Å². The van der Waals surface area contributed by atoms with Gasteiger partial charge in [-0.25, -0.2) is 4.79 Å². The molecule has 1 heterocycles. The van der Waals surface area contributed by atoms with E-state index in [9.17, 15) is 4.79 Å². The van der Waals surface area contributed by atoms with Crippen molar-refractivity contribution in [2.45, 2.75) is 19.4 Å². The molecule has 2 aromatic rings. The zero-order valence-electron chi connectivity index (χ0n) is 12.7. The van der Waals surface area contributed by atoms with Crippen molar-refractivity contribution in [3.05, 3.63) is 95.1 Å². The van der Waals surface area contributed by atoms with E-state index in [2.05, 4.69) is 0 Å². The topological polar surface area (TPSA) is 26.3 Å². The second-order valence-corrected chi connectivity index (χ2v) is 5.21. The van der Waals surface area contributed by atoms with Gasteiger partial charge >= 0.3 is 5.97 Å². The van der Waals surface area contributed by atoms with Gasteiger partial charge in [-0.1, -0.05) is 72.8 Å². The van der Waals surface area contributed by atoms with E-state index in [1.165, 1.54) is 0 Å². The van der Waals surface area contributed by atoms with Crippen LogP contribution in [-0.4, -0.2) is 5.97 Å². The summed E-state index contributed by atoms with van der Waals surface area (Å²) in [6, 6.07) is 19.8. The molecule has 2 heteroatoms. The Bertz CT molecular complexity index is 700. The lowest BCUT2D eigenvalue weighted by molar-refractivity contribution is -0.143. The third-order valence-corrected chi connectivity index (χ3v) is 4.07. The van der Waals surface area contributed by atoms with Gasteiger partial charge in [0.15, 0.2) is 5.60 Å². The highest BCUT2D eigenvalue weighted by molar-refractivity contribution is 5.99. The van der Waals surface area contributed by atoms with Crippen molar-refractivity contribution >= 4 is 5.97 Å². The van der Waals surface area contributed by atoms with Gasteiger partial charge in [0.25, 0.3) is 0 Å². The number of rotatable bonds is 2. The number of carbonyl (C=O) groups is 1. The van der Waals surface area contributed by atoms with E-state index >= 15 is 0 Å². The fourth-order valence-electron chi connectivity index (χ4n) is 3.12. The first kappa shape index (κ1) is 14.3. The number of allylic oxidation sites excluding steroid dienone is 2. The largest absolute Gasteiger partial charge is 0.441 e. The molecule has 0 unspecified atom stereocenters. The summed E-state index contributed by atoms with van der Waals surface area (Å²) in [6.07, 6.45) is 3.80. The molecule has 1 aliphatic heterocycles. The standard InChI is InChI=1S/C20H18O2/c1-3-17-18(4-2)20(22-19(17)21,15-11-7-5-8-12-15)16-13-9-6-10-14-16/h3-14H,1-2H3/b17-3+,18-4+. The number of hydrogen-bond donors (Lipinski definition) is 0. The quantitative estimate of drug-likeness (QED) is 0.606. The molecule has 0 atom stereocenters. The first-order valence-corrected chi connectivity index (χ1v) is 7.42. The molecule has 1 fully saturated rings. The summed E-state index contributed by atoms with van der Waals surface area (Å²) in [5, 5.41) is 0. The van der Waals surface area contributed by atoms with Gasteiger partial charge < -0.3 is 4.74 Å². The second-order valence-electron chi connectivity index (χ2n) is 5.21. The number of benzene rings is 2. The van der Waals surface area contributed by atoms with E-state index in [-0.39, 0.29) is 5.97 Å². The summed E-state index contributed by atoms with van der Waals surface area (Å²) >= 11 is 0. The highest BCUT2D eigenvalue weighted by atomic mass is 16.6. The van der Waals surface area contributed by atoms with Gasteiger partial charge in [0.05, 0.1) is 5.57 Å². The molecule has 0 aromatic heterocycles. The van der Waals surface area contributed by atoms with Gasteiger partial charge in [-0.2, -0.15) is 0 Å². The summed E-state index contributed by atoms with van der Waals surface area (Å²) in [5.41, 5.74) is 2.59. The molecular formula is C20H18O2. The monoisotopic (exact) mass is 290 g/mol. The number of carbonyl (C=O) groups excluding carboxylic acids is 1. The smallest absolute Gasteiger partial charge is 0.339 e. The normalized spacial score (nSPS) is 20.4. The third kappa shape index (κ3) is 2.00. The molecule has 1 saturated heterocycles. The van der Waals surface area contributed by atoms with Crippen LogP contribution in [0.3, 0.4) is 0 Å². The molecule has 0 radical (unpaired) electrons. The first-order chi connectivity index (χ1) is 10.7. The zero-order valence-corrected chi connectivity index (χ0v) is 12.7. The average molecular weight is 290 g/mol. The summed E-state index contributed by atoms with van der Waals surface area (Å²) in [5.74, 6) is -0.275. The van der Waals surface area contributed by atoms with Crippen molar-refractivity contribution in [1.82, 2.24) is 0 Å². The third-order valence-electron chi connectivity index (χ3n) is 4.07. The van der Waals surface area contributed by atoms with Gasteiger partial charge in [0.1, 0.15) is 0 Å². The molecule has 0 spiro atoms. The maximum absolute atomic E-state index is 12.4. The Morgan fingerprint density at radius 3 is 1.73 bits per heavy atom. The van der Waals surface area contributed by atoms with Crippen LogP contribution in [0.1, 0.15) is 25.0 Å². The van der Waals surface area contributed by atoms with Crippen molar-refractivity contribution in [3.63, 3.8) is 0 Å². The van der Waals surface area contributed by atoms with Crippen LogP contribution in [-0.2, 0) is 15.1 Å². The number of cyclic esters (lactones) is 1. The van der Waals surface area contributed by atoms with Crippen LogP contribution < -0.4 is 0 Å². The lowest BCUT2D eigenvalue weighted by Gasteiger charge is -2.30. The molecule has 3 rings (SSSR count). The van der Waals surface area contributed by atoms with Crippen molar-refractivity contribution in [2.24, 2.45) is 0 Å². The number of ether oxygens (including phenoxy) is 1. The van der Waals surface area contributed by atoms with E-state index < -0.39 is 5.60 Å². The minimum Gasteiger partial charge on any atom is -0.441 e. The Morgan fingerprint density at radius 1 is 0.818 bits per heavy atom. The van der Waals surface area contributed by atoms with E-state index in [4.69, 9.17) is 4.74 Å². The van der Waals surface area contributed by atoms with Crippen LogP contribution in [0.4, 0.5) is 0 Å². The van der Waals surface area contributed by atoms with Crippen molar-refractivity contribution in [3.8, 4) is 0 Å². The number of esters is 1. The van der Waals surface area contributed by atoms with Crippen LogP contribution in [0.5, 0.6) is 0 Å². The highest BCUT2D eigenvalue weighted by Crippen LogP contribution is 2.48. The molecule has 1 aliphatic rings. The molecule has 0 saturated carbocycles. The van der Waals surface area contributed by atoms with E-state index in [0.717, 1.165) is 16.7 Å². The van der Waals surface area contributed by atoms with Crippen molar-refractivity contribution in [1.29, 1.82) is 0 Å². The van der Waals surface area contributed by atoms with Gasteiger partial charge in [-0.05, 0) is 13.8 Å². The van der Waals surface area contributed by atoms with Crippen LogP contribution in [0.2, 0.25) is 0 Å². The predicted molar refractivity (Wildman–Crippen MR) is 87.3 cm³/mol. The van der Waals surface area contributed by atoms with Crippen LogP contribution in [0, 0.1) is 0 Å². The molecule has 0 bridgehead atoms. The summed E-state index contributed by atoms with van der Waals surface area (Å²) < 4.78 is 5.95. The summed E-state index contributed by atoms with van der Waals surface area (Å²) in [7, 11) is 0. The van der Waals surface area contributed by atoms with E-state index in [1.807, 2.05) is 86.7 Å². The Hall–Kier alpha value is -2.61. The maximum Gasteiger partial charge on any atom is 0.339 e. The fourth-order valence-corrected chi connectivity index (χ4v) is 3.12. The number of hydrogen-bond acceptors (Lipinski definition) is 2. The molecule has 110 valence electrons. The van der Waals surface area contributed by atoms with Gasteiger partial charge in [-0.15, -0.1) is 0 Å². The Morgan fingerprint density at radius 2 is 1.32 bits per heavy atom. The lowest BCUT2D eigenvalue weighted by Crippen LogP contribution is -2.29. The van der Waals surface area contributed by atoms with Crippen LogP contribution in [0.15, 0.2) is 84.0 Å². The van der Waals surface area contributed by atoms with Gasteiger partial charge in [-0.3, -0.25) is 0 Å². The zero-order chi connectivity index (χ0) is 15.6. The Labute approximate surface area is 130 Å². The summed E-state index contributed by atoms with van der Waals surface area (Å²) in [4.78, 5) is 12.4. The minimum atomic E-state index is -0.865. The Kier molecular flexibility index (Phi) is 3.68. The molecule has 2 aromatic carbocycles.